The van der Waals surface area contributed by atoms with Crippen molar-refractivity contribution in [1.82, 2.24) is 9.95 Å². The van der Waals surface area contributed by atoms with Crippen molar-refractivity contribution in [3.63, 3.8) is 0 Å². The molecule has 0 amide bonds. The fraction of sp³-hybridized carbons (Fsp3) is 0.500. The minimum Gasteiger partial charge on any atom is -0.459 e. The third kappa shape index (κ3) is 2.23. The third-order valence-electron chi connectivity index (χ3n) is 0.848. The van der Waals surface area contributed by atoms with Gasteiger partial charge in [0.2, 0.25) is 0 Å². The predicted molar refractivity (Wildman–Crippen MR) is 38.7 cm³/mol. The van der Waals surface area contributed by atoms with Crippen LogP contribution >= 0.6 is 11.8 Å². The van der Waals surface area contributed by atoms with E-state index in [0.717, 1.165) is 4.53 Å². The van der Waals surface area contributed by atoms with Gasteiger partial charge in [0.15, 0.2) is 0 Å². The van der Waals surface area contributed by atoms with Crippen molar-refractivity contribution >= 4 is 24.1 Å². The molecule has 62 valence electrons. The summed E-state index contributed by atoms with van der Waals surface area (Å²) >= 11 is 5.47. The minimum atomic E-state index is -0.590. The highest BCUT2D eigenvalue weighted by molar-refractivity contribution is 6.21. The Morgan fingerprint density at radius 3 is 3.27 bits per heavy atom. The van der Waals surface area contributed by atoms with Crippen LogP contribution in [0.25, 0.3) is 0 Å². The lowest BCUT2D eigenvalue weighted by Gasteiger charge is -2.17. The number of rotatable bonds is 2. The van der Waals surface area contributed by atoms with E-state index in [9.17, 15) is 4.39 Å². The van der Waals surface area contributed by atoms with Crippen LogP contribution in [-0.2, 0) is 4.74 Å². The van der Waals surface area contributed by atoms with Crippen molar-refractivity contribution < 1.29 is 9.13 Å². The molecule has 11 heavy (non-hydrogen) atoms. The molecule has 7 heteroatoms. The van der Waals surface area contributed by atoms with Gasteiger partial charge in [-0.2, -0.15) is 0 Å². The highest BCUT2D eigenvalue weighted by Crippen LogP contribution is 1.98. The molecule has 0 saturated carbocycles. The number of alkyl halides is 1. The maximum absolute atomic E-state index is 11.6. The topological polar surface area (TPSA) is 49.2 Å². The molecule has 0 aromatic heterocycles. The van der Waals surface area contributed by atoms with Crippen molar-refractivity contribution in [2.45, 2.75) is 0 Å². The van der Waals surface area contributed by atoms with E-state index in [2.05, 4.69) is 15.6 Å². The number of nitrogens with zero attached hydrogens (tertiary/aromatic N) is 3. The van der Waals surface area contributed by atoms with Gasteiger partial charge in [0.05, 0.1) is 0 Å². The van der Waals surface area contributed by atoms with E-state index in [1.54, 1.807) is 0 Å². The first-order valence-electron chi connectivity index (χ1n) is 2.85. The average Bonchev–Trinajstić information content (AvgIpc) is 2.03. The van der Waals surface area contributed by atoms with Gasteiger partial charge in [0.1, 0.15) is 19.6 Å². The normalized spacial score (nSPS) is 15.8. The molecule has 1 aliphatic heterocycles. The summed E-state index contributed by atoms with van der Waals surface area (Å²) in [6, 6.07) is 0.0341. The molecular weight excluding hydrogens is 175 g/mol. The van der Waals surface area contributed by atoms with Crippen LogP contribution in [-0.4, -0.2) is 30.2 Å². The van der Waals surface area contributed by atoms with Crippen LogP contribution in [0.2, 0.25) is 0 Å². The molecule has 0 aromatic carbocycles. The SMILES string of the molecule is FCCOC1=NN=CNN1Cl. The van der Waals surface area contributed by atoms with Crippen LogP contribution < -0.4 is 5.43 Å². The molecule has 0 aliphatic carbocycles. The molecule has 1 N–H and O–H groups in total. The molecule has 1 aliphatic rings. The Kier molecular flexibility index (Phi) is 2.91. The summed E-state index contributed by atoms with van der Waals surface area (Å²) in [6.45, 7) is -0.674. The smallest absolute Gasteiger partial charge is 0.346 e. The lowest BCUT2D eigenvalue weighted by molar-refractivity contribution is 0.227. The van der Waals surface area contributed by atoms with E-state index in [4.69, 9.17) is 16.5 Å². The van der Waals surface area contributed by atoms with Gasteiger partial charge in [0.25, 0.3) is 0 Å². The van der Waals surface area contributed by atoms with Crippen molar-refractivity contribution in [3.05, 3.63) is 0 Å². The van der Waals surface area contributed by atoms with Gasteiger partial charge in [-0.3, -0.25) is 5.43 Å². The lowest BCUT2D eigenvalue weighted by atomic mass is 10.8. The van der Waals surface area contributed by atoms with Gasteiger partial charge >= 0.3 is 6.02 Å². The van der Waals surface area contributed by atoms with E-state index < -0.39 is 6.67 Å². The van der Waals surface area contributed by atoms with E-state index in [-0.39, 0.29) is 12.6 Å². The third-order valence-corrected chi connectivity index (χ3v) is 1.09. The summed E-state index contributed by atoms with van der Waals surface area (Å²) in [7, 11) is 0. The van der Waals surface area contributed by atoms with E-state index >= 15 is 0 Å². The largest absolute Gasteiger partial charge is 0.459 e. The number of halogens is 2. The molecule has 0 aromatic rings. The summed E-state index contributed by atoms with van der Waals surface area (Å²) in [5.74, 6) is 0. The number of nitrogens with one attached hydrogen (secondary N) is 1. The molecule has 0 bridgehead atoms. The molecule has 0 atom stereocenters. The molecule has 0 unspecified atom stereocenters. The maximum Gasteiger partial charge on any atom is 0.346 e. The monoisotopic (exact) mass is 180 g/mol. The molecule has 1 rings (SSSR count). The number of hydrogen-bond acceptors (Lipinski definition) is 5. The molecule has 0 spiro atoms. The summed E-state index contributed by atoms with van der Waals surface area (Å²) in [6.07, 6.45) is 1.27. The fourth-order valence-corrected chi connectivity index (χ4v) is 0.591. The fourth-order valence-electron chi connectivity index (χ4n) is 0.465. The van der Waals surface area contributed by atoms with Crippen molar-refractivity contribution in [1.29, 1.82) is 0 Å². The zero-order valence-electron chi connectivity index (χ0n) is 5.50. The Labute approximate surface area is 67.6 Å². The van der Waals surface area contributed by atoms with Gasteiger partial charge < -0.3 is 4.74 Å². The van der Waals surface area contributed by atoms with Gasteiger partial charge in [-0.15, -0.1) is 9.63 Å². The molecule has 0 radical (unpaired) electrons. The minimum absolute atomic E-state index is 0.0341. The predicted octanol–water partition coefficient (Wildman–Crippen LogP) is 0.246. The second kappa shape index (κ2) is 3.97. The van der Waals surface area contributed by atoms with Gasteiger partial charge in [-0.1, -0.05) is 5.10 Å². The number of hydrogen-bond donors (Lipinski definition) is 1. The number of ether oxygens (including phenoxy) is 1. The van der Waals surface area contributed by atoms with Crippen LogP contribution in [0.15, 0.2) is 10.2 Å². The second-order valence-corrected chi connectivity index (χ2v) is 1.91. The first-order chi connectivity index (χ1) is 5.34. The van der Waals surface area contributed by atoms with E-state index in [1.165, 1.54) is 6.34 Å². The zero-order chi connectivity index (χ0) is 8.10. The summed E-state index contributed by atoms with van der Waals surface area (Å²) < 4.78 is 17.3. The zero-order valence-corrected chi connectivity index (χ0v) is 6.25. The Hall–Kier alpha value is -1.04. The van der Waals surface area contributed by atoms with Crippen LogP contribution in [0, 0.1) is 0 Å². The quantitative estimate of drug-likeness (QED) is 0.620. The lowest BCUT2D eigenvalue weighted by Crippen LogP contribution is -2.38. The summed E-state index contributed by atoms with van der Waals surface area (Å²) in [5, 5.41) is 6.92. The first kappa shape index (κ1) is 8.06. The van der Waals surface area contributed by atoms with E-state index in [0.29, 0.717) is 0 Å². The van der Waals surface area contributed by atoms with Crippen LogP contribution in [0.1, 0.15) is 0 Å². The highest BCUT2D eigenvalue weighted by atomic mass is 35.5. The molecule has 1 heterocycles. The van der Waals surface area contributed by atoms with Crippen molar-refractivity contribution in [2.24, 2.45) is 10.2 Å². The molecular formula is C4H6ClFN4O. The second-order valence-electron chi connectivity index (χ2n) is 1.57. The van der Waals surface area contributed by atoms with Crippen molar-refractivity contribution in [2.75, 3.05) is 13.3 Å². The average molecular weight is 181 g/mol. The van der Waals surface area contributed by atoms with Gasteiger partial charge in [-0.05, 0) is 0 Å². The van der Waals surface area contributed by atoms with Crippen LogP contribution in [0.3, 0.4) is 0 Å². The molecule has 0 fully saturated rings. The van der Waals surface area contributed by atoms with Crippen LogP contribution in [0.5, 0.6) is 0 Å². The van der Waals surface area contributed by atoms with Crippen LogP contribution in [0.4, 0.5) is 4.39 Å². The highest BCUT2D eigenvalue weighted by Gasteiger charge is 2.11. The maximum atomic E-state index is 11.6. The Morgan fingerprint density at radius 2 is 2.64 bits per heavy atom. The summed E-state index contributed by atoms with van der Waals surface area (Å²) in [4.78, 5) is 0. The number of amidine groups is 1. The summed E-state index contributed by atoms with van der Waals surface area (Å²) in [5.41, 5.74) is 2.47. The molecule has 0 saturated heterocycles. The van der Waals surface area contributed by atoms with Crippen molar-refractivity contribution in [3.8, 4) is 0 Å². The first-order valence-corrected chi connectivity index (χ1v) is 3.18. The Bertz CT molecular complexity index is 185. The van der Waals surface area contributed by atoms with Gasteiger partial charge in [-0.25, -0.2) is 4.39 Å². The Balaban J connectivity index is 2.40. The van der Waals surface area contributed by atoms with Gasteiger partial charge in [0, 0.05) is 11.8 Å². The Morgan fingerprint density at radius 1 is 1.82 bits per heavy atom. The molecule has 5 nitrogen and oxygen atoms in total. The standard InChI is InChI=1S/C4H6ClFN4O/c5-10-4(11-2-1-6)9-7-3-8-10/h3H,1-2H2,(H,7,8). The number of hydrazine groups is 1. The van der Waals surface area contributed by atoms with E-state index in [1.807, 2.05) is 0 Å².